The van der Waals surface area contributed by atoms with Crippen LogP contribution >= 0.6 is 0 Å². The van der Waals surface area contributed by atoms with Crippen LogP contribution in [0.4, 0.5) is 0 Å². The number of piperazine rings is 1. The van der Waals surface area contributed by atoms with E-state index >= 15 is 0 Å². The molecule has 2 aliphatic heterocycles. The largest absolute Gasteiger partial charge is 0.339 e. The molecule has 4 heteroatoms. The van der Waals surface area contributed by atoms with Gasteiger partial charge in [-0.05, 0) is 32.4 Å². The maximum absolute atomic E-state index is 12.2. The molecule has 1 unspecified atom stereocenters. The number of nitrogens with one attached hydrogen (secondary N) is 1. The molecule has 98 valence electrons. The van der Waals surface area contributed by atoms with Gasteiger partial charge in [-0.15, -0.1) is 0 Å². The first kappa shape index (κ1) is 12.8. The van der Waals surface area contributed by atoms with Crippen LogP contribution in [-0.2, 0) is 4.79 Å². The maximum atomic E-state index is 12.2. The van der Waals surface area contributed by atoms with Crippen molar-refractivity contribution in [3.05, 3.63) is 0 Å². The summed E-state index contributed by atoms with van der Waals surface area (Å²) in [5, 5.41) is 3.29. The highest BCUT2D eigenvalue weighted by Crippen LogP contribution is 2.11. The second kappa shape index (κ2) is 6.36. The number of hydrogen-bond acceptors (Lipinski definition) is 3. The van der Waals surface area contributed by atoms with Crippen LogP contribution in [0.3, 0.4) is 0 Å². The summed E-state index contributed by atoms with van der Waals surface area (Å²) in [4.78, 5) is 16.7. The summed E-state index contributed by atoms with van der Waals surface area (Å²) < 4.78 is 0. The van der Waals surface area contributed by atoms with Crippen molar-refractivity contribution < 1.29 is 4.79 Å². The lowest BCUT2D eigenvalue weighted by Crippen LogP contribution is -2.53. The molecule has 0 aromatic rings. The molecule has 0 bridgehead atoms. The van der Waals surface area contributed by atoms with Gasteiger partial charge in [0, 0.05) is 26.2 Å². The first-order valence-corrected chi connectivity index (χ1v) is 7.06. The summed E-state index contributed by atoms with van der Waals surface area (Å²) in [6.07, 6.45) is 4.70. The summed E-state index contributed by atoms with van der Waals surface area (Å²) in [5.41, 5.74) is 0. The Labute approximate surface area is 104 Å². The third-order valence-electron chi connectivity index (χ3n) is 3.87. The smallest absolute Gasteiger partial charge is 0.239 e. The molecule has 2 fully saturated rings. The SMILES string of the molecule is CCCCN1CCN(C(=O)C2CCCN2)CC1. The van der Waals surface area contributed by atoms with Gasteiger partial charge in [0.25, 0.3) is 0 Å². The molecule has 2 rings (SSSR count). The molecule has 1 N–H and O–H groups in total. The molecule has 0 aromatic carbocycles. The van der Waals surface area contributed by atoms with E-state index in [1.807, 2.05) is 4.90 Å². The van der Waals surface area contributed by atoms with Gasteiger partial charge in [0.2, 0.25) is 5.91 Å². The molecular formula is C13H25N3O. The summed E-state index contributed by atoms with van der Waals surface area (Å²) in [6, 6.07) is 0.109. The fourth-order valence-corrected chi connectivity index (χ4v) is 2.69. The number of hydrogen-bond donors (Lipinski definition) is 1. The third-order valence-corrected chi connectivity index (χ3v) is 3.87. The molecule has 0 aliphatic carbocycles. The zero-order valence-corrected chi connectivity index (χ0v) is 11.0. The van der Waals surface area contributed by atoms with E-state index < -0.39 is 0 Å². The fraction of sp³-hybridized carbons (Fsp3) is 0.923. The minimum atomic E-state index is 0.109. The number of nitrogens with zero attached hydrogens (tertiary/aromatic N) is 2. The van der Waals surface area contributed by atoms with Crippen LogP contribution < -0.4 is 5.32 Å². The average Bonchev–Trinajstić information content (AvgIpc) is 2.90. The normalized spacial score (nSPS) is 26.4. The molecule has 0 saturated carbocycles. The maximum Gasteiger partial charge on any atom is 0.239 e. The van der Waals surface area contributed by atoms with Gasteiger partial charge in [0.1, 0.15) is 0 Å². The average molecular weight is 239 g/mol. The molecule has 0 aromatic heterocycles. The lowest BCUT2D eigenvalue weighted by Gasteiger charge is -2.35. The lowest BCUT2D eigenvalue weighted by molar-refractivity contribution is -0.134. The van der Waals surface area contributed by atoms with E-state index in [4.69, 9.17) is 0 Å². The van der Waals surface area contributed by atoms with Gasteiger partial charge < -0.3 is 10.2 Å². The van der Waals surface area contributed by atoms with Crippen LogP contribution in [0.1, 0.15) is 32.6 Å². The van der Waals surface area contributed by atoms with Crippen molar-refractivity contribution in [1.29, 1.82) is 0 Å². The van der Waals surface area contributed by atoms with Crippen molar-refractivity contribution >= 4 is 5.91 Å². The van der Waals surface area contributed by atoms with E-state index in [2.05, 4.69) is 17.1 Å². The predicted molar refractivity (Wildman–Crippen MR) is 69.0 cm³/mol. The van der Waals surface area contributed by atoms with E-state index in [0.717, 1.165) is 45.6 Å². The second-order valence-corrected chi connectivity index (χ2v) is 5.17. The Balaban J connectivity index is 1.72. The van der Waals surface area contributed by atoms with E-state index in [9.17, 15) is 4.79 Å². The van der Waals surface area contributed by atoms with Crippen LogP contribution in [-0.4, -0.2) is 61.0 Å². The summed E-state index contributed by atoms with van der Waals surface area (Å²) in [7, 11) is 0. The van der Waals surface area contributed by atoms with Gasteiger partial charge in [-0.2, -0.15) is 0 Å². The standard InChI is InChI=1S/C13H25N3O/c1-2-3-7-15-8-10-16(11-9-15)13(17)12-5-4-6-14-12/h12,14H,2-11H2,1H3. The van der Waals surface area contributed by atoms with Crippen LogP contribution in [0.2, 0.25) is 0 Å². The summed E-state index contributed by atoms with van der Waals surface area (Å²) in [5.74, 6) is 0.331. The van der Waals surface area contributed by atoms with Gasteiger partial charge >= 0.3 is 0 Å². The molecule has 2 aliphatic rings. The minimum absolute atomic E-state index is 0.109. The third kappa shape index (κ3) is 3.42. The Bertz CT molecular complexity index is 243. The fourth-order valence-electron chi connectivity index (χ4n) is 2.69. The molecular weight excluding hydrogens is 214 g/mol. The summed E-state index contributed by atoms with van der Waals surface area (Å²) in [6.45, 7) is 8.37. The van der Waals surface area contributed by atoms with Gasteiger partial charge in [0.05, 0.1) is 6.04 Å². The topological polar surface area (TPSA) is 35.6 Å². The quantitative estimate of drug-likeness (QED) is 0.784. The van der Waals surface area contributed by atoms with E-state index in [-0.39, 0.29) is 6.04 Å². The number of carbonyl (C=O) groups excluding carboxylic acids is 1. The zero-order valence-electron chi connectivity index (χ0n) is 11.0. The Hall–Kier alpha value is -0.610. The van der Waals surface area contributed by atoms with Gasteiger partial charge in [-0.1, -0.05) is 13.3 Å². The van der Waals surface area contributed by atoms with Crippen LogP contribution in [0.15, 0.2) is 0 Å². The Morgan fingerprint density at radius 3 is 2.65 bits per heavy atom. The molecule has 2 saturated heterocycles. The van der Waals surface area contributed by atoms with Crippen molar-refractivity contribution in [3.8, 4) is 0 Å². The Morgan fingerprint density at radius 1 is 1.29 bits per heavy atom. The number of rotatable bonds is 4. The van der Waals surface area contributed by atoms with E-state index in [1.54, 1.807) is 0 Å². The molecule has 1 atom stereocenters. The molecule has 2 heterocycles. The van der Waals surface area contributed by atoms with Crippen molar-refractivity contribution in [2.45, 2.75) is 38.6 Å². The first-order valence-electron chi connectivity index (χ1n) is 7.06. The number of carbonyl (C=O) groups is 1. The van der Waals surface area contributed by atoms with Crippen molar-refractivity contribution in [3.63, 3.8) is 0 Å². The first-order chi connectivity index (χ1) is 8.31. The van der Waals surface area contributed by atoms with Crippen molar-refractivity contribution in [1.82, 2.24) is 15.1 Å². The van der Waals surface area contributed by atoms with Crippen molar-refractivity contribution in [2.24, 2.45) is 0 Å². The highest BCUT2D eigenvalue weighted by Gasteiger charge is 2.28. The molecule has 17 heavy (non-hydrogen) atoms. The number of unbranched alkanes of at least 4 members (excludes halogenated alkanes) is 1. The monoisotopic (exact) mass is 239 g/mol. The van der Waals surface area contributed by atoms with Crippen LogP contribution in [0.25, 0.3) is 0 Å². The van der Waals surface area contributed by atoms with Gasteiger partial charge in [-0.3, -0.25) is 9.69 Å². The highest BCUT2D eigenvalue weighted by atomic mass is 16.2. The highest BCUT2D eigenvalue weighted by molar-refractivity contribution is 5.82. The molecule has 0 spiro atoms. The van der Waals surface area contributed by atoms with Crippen LogP contribution in [0.5, 0.6) is 0 Å². The predicted octanol–water partition coefficient (Wildman–Crippen LogP) is 0.683. The van der Waals surface area contributed by atoms with Crippen LogP contribution in [0, 0.1) is 0 Å². The molecule has 0 radical (unpaired) electrons. The summed E-state index contributed by atoms with van der Waals surface area (Å²) >= 11 is 0. The van der Waals surface area contributed by atoms with E-state index in [1.165, 1.54) is 19.4 Å². The van der Waals surface area contributed by atoms with E-state index in [0.29, 0.717) is 5.91 Å². The Morgan fingerprint density at radius 2 is 2.06 bits per heavy atom. The molecule has 4 nitrogen and oxygen atoms in total. The lowest BCUT2D eigenvalue weighted by atomic mass is 10.2. The molecule has 1 amide bonds. The van der Waals surface area contributed by atoms with Gasteiger partial charge in [-0.25, -0.2) is 0 Å². The van der Waals surface area contributed by atoms with Crippen molar-refractivity contribution in [2.75, 3.05) is 39.3 Å². The minimum Gasteiger partial charge on any atom is -0.339 e. The number of amides is 1. The second-order valence-electron chi connectivity index (χ2n) is 5.17. The zero-order chi connectivity index (χ0) is 12.1. The Kier molecular flexibility index (Phi) is 4.80. The van der Waals surface area contributed by atoms with Gasteiger partial charge in [0.15, 0.2) is 0 Å².